The summed E-state index contributed by atoms with van der Waals surface area (Å²) in [7, 11) is 0. The van der Waals surface area contributed by atoms with Crippen molar-refractivity contribution in [2.75, 3.05) is 11.1 Å². The van der Waals surface area contributed by atoms with Gasteiger partial charge in [0.2, 0.25) is 5.91 Å². The van der Waals surface area contributed by atoms with Crippen LogP contribution in [0.25, 0.3) is 5.69 Å². The van der Waals surface area contributed by atoms with E-state index in [0.717, 1.165) is 17.0 Å². The number of aryl methyl sites for hydroxylation is 2. The van der Waals surface area contributed by atoms with Gasteiger partial charge in [-0.3, -0.25) is 9.36 Å². The molecule has 1 aromatic heterocycles. The van der Waals surface area contributed by atoms with E-state index >= 15 is 0 Å². The molecule has 168 valence electrons. The first-order valence-electron chi connectivity index (χ1n) is 10.4. The Bertz CT molecular complexity index is 1260. The number of nitrogens with one attached hydrogen (secondary N) is 1. The van der Waals surface area contributed by atoms with Gasteiger partial charge in [0.15, 0.2) is 11.0 Å². The monoisotopic (exact) mass is 462 g/mol. The molecule has 0 radical (unpaired) electrons. The van der Waals surface area contributed by atoms with E-state index in [1.165, 1.54) is 29.5 Å². The number of carbonyl (C=O) groups excluding carboxylic acids is 1. The van der Waals surface area contributed by atoms with Crippen molar-refractivity contribution in [1.82, 2.24) is 14.8 Å². The Labute approximate surface area is 195 Å². The molecule has 0 aliphatic carbocycles. The molecule has 0 saturated carbocycles. The number of halogens is 1. The summed E-state index contributed by atoms with van der Waals surface area (Å²) in [6, 6.07) is 21.6. The van der Waals surface area contributed by atoms with Crippen molar-refractivity contribution in [2.45, 2.75) is 25.6 Å². The largest absolute Gasteiger partial charge is 0.486 e. The fraction of sp³-hybridized carbons (Fsp3) is 0.160. The Morgan fingerprint density at radius 1 is 1.00 bits per heavy atom. The first-order chi connectivity index (χ1) is 16.0. The molecule has 8 heteroatoms. The quantitative estimate of drug-likeness (QED) is 0.358. The Kier molecular flexibility index (Phi) is 7.04. The number of nitrogens with zero attached hydrogens (tertiary/aromatic N) is 3. The molecule has 0 fully saturated rings. The molecule has 0 spiro atoms. The minimum absolute atomic E-state index is 0.0529. The van der Waals surface area contributed by atoms with E-state index in [4.69, 9.17) is 4.74 Å². The van der Waals surface area contributed by atoms with Gasteiger partial charge in [0.25, 0.3) is 0 Å². The third-order valence-corrected chi connectivity index (χ3v) is 5.97. The van der Waals surface area contributed by atoms with Gasteiger partial charge in [0.1, 0.15) is 18.2 Å². The Hall–Kier alpha value is -3.65. The van der Waals surface area contributed by atoms with Crippen molar-refractivity contribution in [2.24, 2.45) is 0 Å². The second-order valence-corrected chi connectivity index (χ2v) is 8.36. The van der Waals surface area contributed by atoms with Crippen LogP contribution < -0.4 is 10.1 Å². The molecule has 4 rings (SSSR count). The molecule has 0 bridgehead atoms. The van der Waals surface area contributed by atoms with E-state index in [2.05, 4.69) is 22.4 Å². The van der Waals surface area contributed by atoms with Crippen LogP contribution in [0.1, 0.15) is 17.0 Å². The van der Waals surface area contributed by atoms with Crippen LogP contribution in [-0.2, 0) is 11.4 Å². The van der Waals surface area contributed by atoms with E-state index in [9.17, 15) is 9.18 Å². The maximum atomic E-state index is 13.8. The van der Waals surface area contributed by atoms with Gasteiger partial charge in [-0.1, -0.05) is 48.2 Å². The van der Waals surface area contributed by atoms with Crippen molar-refractivity contribution in [3.63, 3.8) is 0 Å². The maximum Gasteiger partial charge on any atom is 0.234 e. The van der Waals surface area contributed by atoms with E-state index in [0.29, 0.717) is 11.0 Å². The summed E-state index contributed by atoms with van der Waals surface area (Å²) in [5.74, 6) is 0.600. The normalized spacial score (nSPS) is 10.8. The van der Waals surface area contributed by atoms with Gasteiger partial charge in [0, 0.05) is 5.69 Å². The molecule has 4 aromatic rings. The van der Waals surface area contributed by atoms with Crippen molar-refractivity contribution >= 4 is 23.4 Å². The van der Waals surface area contributed by atoms with Crippen LogP contribution in [0.5, 0.6) is 5.75 Å². The summed E-state index contributed by atoms with van der Waals surface area (Å²) in [6.07, 6.45) is 0. The highest BCUT2D eigenvalue weighted by molar-refractivity contribution is 7.99. The molecule has 33 heavy (non-hydrogen) atoms. The molecule has 0 atom stereocenters. The summed E-state index contributed by atoms with van der Waals surface area (Å²) in [6.45, 7) is 4.30. The zero-order valence-corrected chi connectivity index (χ0v) is 19.1. The number of benzene rings is 3. The van der Waals surface area contributed by atoms with E-state index < -0.39 is 5.82 Å². The first-order valence-corrected chi connectivity index (χ1v) is 11.4. The molecule has 0 aliphatic heterocycles. The molecule has 3 aromatic carbocycles. The van der Waals surface area contributed by atoms with Crippen LogP contribution >= 0.6 is 11.8 Å². The molecule has 0 saturated heterocycles. The van der Waals surface area contributed by atoms with E-state index in [1.54, 1.807) is 12.1 Å². The van der Waals surface area contributed by atoms with Crippen molar-refractivity contribution in [1.29, 1.82) is 0 Å². The average molecular weight is 463 g/mol. The lowest BCUT2D eigenvalue weighted by Gasteiger charge is -2.12. The molecule has 1 heterocycles. The molecule has 1 amide bonds. The lowest BCUT2D eigenvalue weighted by Crippen LogP contribution is -2.15. The predicted octanol–water partition coefficient (Wildman–Crippen LogP) is 5.33. The van der Waals surface area contributed by atoms with Gasteiger partial charge in [-0.05, 0) is 61.4 Å². The van der Waals surface area contributed by atoms with Crippen LogP contribution in [0, 0.1) is 19.7 Å². The highest BCUT2D eigenvalue weighted by Crippen LogP contribution is 2.24. The molecular formula is C25H23FN4O2S. The van der Waals surface area contributed by atoms with Gasteiger partial charge in [-0.25, -0.2) is 4.39 Å². The van der Waals surface area contributed by atoms with Crippen molar-refractivity contribution in [3.05, 3.63) is 95.6 Å². The number of aromatic nitrogens is 3. The third kappa shape index (κ3) is 5.59. The van der Waals surface area contributed by atoms with Gasteiger partial charge in [-0.15, -0.1) is 10.2 Å². The Morgan fingerprint density at radius 2 is 1.76 bits per heavy atom. The molecule has 6 nitrogen and oxygen atoms in total. The maximum absolute atomic E-state index is 13.8. The summed E-state index contributed by atoms with van der Waals surface area (Å²) >= 11 is 1.22. The molecule has 0 aliphatic rings. The average Bonchev–Trinajstić information content (AvgIpc) is 3.23. The summed E-state index contributed by atoms with van der Waals surface area (Å²) in [5.41, 5.74) is 3.35. The highest BCUT2D eigenvalue weighted by Gasteiger charge is 2.17. The summed E-state index contributed by atoms with van der Waals surface area (Å²) < 4.78 is 21.6. The lowest BCUT2D eigenvalue weighted by molar-refractivity contribution is -0.113. The van der Waals surface area contributed by atoms with Crippen LogP contribution in [0.4, 0.5) is 10.1 Å². The number of carbonyl (C=O) groups is 1. The second kappa shape index (κ2) is 10.3. The number of rotatable bonds is 8. The molecular weight excluding hydrogens is 439 g/mol. The number of hydrogen-bond acceptors (Lipinski definition) is 5. The van der Waals surface area contributed by atoms with E-state index in [-0.39, 0.29) is 24.0 Å². The predicted molar refractivity (Wildman–Crippen MR) is 127 cm³/mol. The van der Waals surface area contributed by atoms with Crippen LogP contribution in [0.15, 0.2) is 78.0 Å². The highest BCUT2D eigenvalue weighted by atomic mass is 32.2. The van der Waals surface area contributed by atoms with Crippen LogP contribution in [0.2, 0.25) is 0 Å². The fourth-order valence-electron chi connectivity index (χ4n) is 3.15. The van der Waals surface area contributed by atoms with Gasteiger partial charge in [0.05, 0.1) is 11.4 Å². The second-order valence-electron chi connectivity index (χ2n) is 7.42. The summed E-state index contributed by atoms with van der Waals surface area (Å²) in [5, 5.41) is 11.7. The molecule has 0 unspecified atom stereocenters. The van der Waals surface area contributed by atoms with Crippen LogP contribution in [-0.4, -0.2) is 26.4 Å². The van der Waals surface area contributed by atoms with Gasteiger partial charge in [-0.2, -0.15) is 0 Å². The zero-order valence-electron chi connectivity index (χ0n) is 18.3. The zero-order chi connectivity index (χ0) is 23.2. The number of anilines is 1. The third-order valence-electron chi connectivity index (χ3n) is 5.04. The van der Waals surface area contributed by atoms with Crippen molar-refractivity contribution in [3.8, 4) is 11.4 Å². The van der Waals surface area contributed by atoms with Gasteiger partial charge < -0.3 is 10.1 Å². The first kappa shape index (κ1) is 22.5. The standard InChI is InChI=1S/C25H23FN4O2S/c1-17-12-13-20(14-18(17)2)32-15-23-28-29-25(30(23)19-8-4-3-5-9-19)33-16-24(31)27-22-11-7-6-10-21(22)26/h3-14H,15-16H2,1-2H3,(H,27,31). The number of hydrogen-bond donors (Lipinski definition) is 1. The minimum atomic E-state index is -0.478. The van der Waals surface area contributed by atoms with E-state index in [1.807, 2.05) is 60.0 Å². The Balaban J connectivity index is 1.50. The lowest BCUT2D eigenvalue weighted by atomic mass is 10.1. The van der Waals surface area contributed by atoms with Gasteiger partial charge >= 0.3 is 0 Å². The Morgan fingerprint density at radius 3 is 2.52 bits per heavy atom. The summed E-state index contributed by atoms with van der Waals surface area (Å²) in [4.78, 5) is 12.4. The number of amides is 1. The number of ether oxygens (including phenoxy) is 1. The SMILES string of the molecule is Cc1ccc(OCc2nnc(SCC(=O)Nc3ccccc3F)n2-c2ccccc2)cc1C. The van der Waals surface area contributed by atoms with Crippen molar-refractivity contribution < 1.29 is 13.9 Å². The minimum Gasteiger partial charge on any atom is -0.486 e. The number of para-hydroxylation sites is 2. The van der Waals surface area contributed by atoms with Crippen LogP contribution in [0.3, 0.4) is 0 Å². The smallest absolute Gasteiger partial charge is 0.234 e. The topological polar surface area (TPSA) is 69.0 Å². The molecule has 1 N–H and O–H groups in total. The number of thioether (sulfide) groups is 1. The fourth-order valence-corrected chi connectivity index (χ4v) is 3.93.